The summed E-state index contributed by atoms with van der Waals surface area (Å²) in [6.07, 6.45) is 0.416. The van der Waals surface area contributed by atoms with E-state index in [0.717, 1.165) is 17.0 Å². The fraction of sp³-hybridized carbons (Fsp3) is 0.417. The molecule has 0 saturated heterocycles. The Hall–Kier alpha value is -1.75. The maximum absolute atomic E-state index is 11.6. The average molecular weight is 236 g/mol. The summed E-state index contributed by atoms with van der Waals surface area (Å²) >= 11 is 0. The molecule has 1 aromatic carbocycles. The first kappa shape index (κ1) is 11.7. The van der Waals surface area contributed by atoms with Crippen molar-refractivity contribution >= 4 is 11.6 Å². The van der Waals surface area contributed by atoms with Gasteiger partial charge in [-0.25, -0.2) is 0 Å². The molecular formula is C12H16N2O3. The van der Waals surface area contributed by atoms with E-state index in [2.05, 4.69) is 10.6 Å². The third kappa shape index (κ3) is 2.06. The number of rotatable bonds is 3. The molecule has 0 spiro atoms. The zero-order valence-corrected chi connectivity index (χ0v) is 10.2. The van der Waals surface area contributed by atoms with Crippen LogP contribution in [-0.4, -0.2) is 27.2 Å². The fourth-order valence-corrected chi connectivity index (χ4v) is 2.04. The van der Waals surface area contributed by atoms with Crippen molar-refractivity contribution in [3.8, 4) is 11.5 Å². The van der Waals surface area contributed by atoms with Crippen molar-refractivity contribution in [1.29, 1.82) is 0 Å². The van der Waals surface area contributed by atoms with E-state index < -0.39 is 0 Å². The van der Waals surface area contributed by atoms with E-state index in [9.17, 15) is 4.79 Å². The lowest BCUT2D eigenvalue weighted by Gasteiger charge is -2.27. The minimum Gasteiger partial charge on any atom is -0.497 e. The zero-order valence-electron chi connectivity index (χ0n) is 10.2. The fourth-order valence-electron chi connectivity index (χ4n) is 2.04. The highest BCUT2D eigenvalue weighted by Crippen LogP contribution is 2.40. The molecular weight excluding hydrogens is 220 g/mol. The molecule has 0 aliphatic carbocycles. The Kier molecular flexibility index (Phi) is 3.19. The van der Waals surface area contributed by atoms with Crippen molar-refractivity contribution in [1.82, 2.24) is 5.32 Å². The summed E-state index contributed by atoms with van der Waals surface area (Å²) < 4.78 is 10.5. The summed E-state index contributed by atoms with van der Waals surface area (Å²) in [4.78, 5) is 11.6. The summed E-state index contributed by atoms with van der Waals surface area (Å²) in [6, 6.07) is 3.66. The number of amides is 1. The van der Waals surface area contributed by atoms with Crippen LogP contribution in [0, 0.1) is 0 Å². The number of nitrogens with one attached hydrogen (secondary N) is 2. The number of hydrogen-bond acceptors (Lipinski definition) is 4. The van der Waals surface area contributed by atoms with E-state index in [4.69, 9.17) is 9.47 Å². The van der Waals surface area contributed by atoms with Gasteiger partial charge in [0.2, 0.25) is 5.91 Å². The van der Waals surface area contributed by atoms with Gasteiger partial charge in [0.1, 0.15) is 11.5 Å². The van der Waals surface area contributed by atoms with Gasteiger partial charge in [-0.1, -0.05) is 0 Å². The van der Waals surface area contributed by atoms with Crippen LogP contribution in [0.25, 0.3) is 0 Å². The third-order valence-corrected chi connectivity index (χ3v) is 2.94. The second-order valence-corrected chi connectivity index (χ2v) is 3.89. The number of carbonyl (C=O) groups excluding carboxylic acids is 1. The first-order valence-corrected chi connectivity index (χ1v) is 5.42. The Labute approximate surface area is 100 Å². The Morgan fingerprint density at radius 3 is 2.71 bits per heavy atom. The van der Waals surface area contributed by atoms with Crippen molar-refractivity contribution in [3.63, 3.8) is 0 Å². The van der Waals surface area contributed by atoms with Crippen molar-refractivity contribution < 1.29 is 14.3 Å². The summed E-state index contributed by atoms with van der Waals surface area (Å²) in [5.74, 6) is 1.32. The first-order valence-electron chi connectivity index (χ1n) is 5.42. The molecule has 5 heteroatoms. The second kappa shape index (κ2) is 4.63. The van der Waals surface area contributed by atoms with E-state index in [1.807, 2.05) is 13.1 Å². The Balaban J connectivity index is 2.55. The maximum atomic E-state index is 11.6. The molecule has 1 heterocycles. The molecule has 1 amide bonds. The molecule has 92 valence electrons. The smallest absolute Gasteiger partial charge is 0.226 e. The third-order valence-electron chi connectivity index (χ3n) is 2.94. The average Bonchev–Trinajstić information content (AvgIpc) is 2.36. The normalized spacial score (nSPS) is 18.3. The summed E-state index contributed by atoms with van der Waals surface area (Å²) in [7, 11) is 5.01. The quantitative estimate of drug-likeness (QED) is 0.830. The zero-order chi connectivity index (χ0) is 12.4. The van der Waals surface area contributed by atoms with Gasteiger partial charge in [-0.2, -0.15) is 0 Å². The largest absolute Gasteiger partial charge is 0.497 e. The number of benzene rings is 1. The van der Waals surface area contributed by atoms with Gasteiger partial charge in [-0.3, -0.25) is 4.79 Å². The molecule has 2 rings (SSSR count). The van der Waals surface area contributed by atoms with E-state index >= 15 is 0 Å². The van der Waals surface area contributed by atoms with Gasteiger partial charge in [-0.15, -0.1) is 0 Å². The molecule has 17 heavy (non-hydrogen) atoms. The monoisotopic (exact) mass is 236 g/mol. The van der Waals surface area contributed by atoms with Crippen molar-refractivity contribution in [2.75, 3.05) is 26.6 Å². The molecule has 1 atom stereocenters. The van der Waals surface area contributed by atoms with Crippen LogP contribution in [0.15, 0.2) is 12.1 Å². The molecule has 1 aliphatic heterocycles. The lowest BCUT2D eigenvalue weighted by Crippen LogP contribution is -2.29. The van der Waals surface area contributed by atoms with Crippen molar-refractivity contribution in [3.05, 3.63) is 17.7 Å². The van der Waals surface area contributed by atoms with Gasteiger partial charge in [0.25, 0.3) is 0 Å². The van der Waals surface area contributed by atoms with Gasteiger partial charge in [-0.05, 0) is 13.1 Å². The van der Waals surface area contributed by atoms with Crippen LogP contribution >= 0.6 is 0 Å². The number of hydrogen-bond donors (Lipinski definition) is 2. The van der Waals surface area contributed by atoms with Crippen LogP contribution in [0.2, 0.25) is 0 Å². The highest BCUT2D eigenvalue weighted by atomic mass is 16.5. The Bertz CT molecular complexity index is 446. The molecule has 0 bridgehead atoms. The summed E-state index contributed by atoms with van der Waals surface area (Å²) in [5, 5.41) is 5.96. The molecule has 2 N–H and O–H groups in total. The minimum absolute atomic E-state index is 0.0113. The van der Waals surface area contributed by atoms with Gasteiger partial charge >= 0.3 is 0 Å². The van der Waals surface area contributed by atoms with E-state index in [1.165, 1.54) is 0 Å². The van der Waals surface area contributed by atoms with E-state index in [1.54, 1.807) is 20.3 Å². The van der Waals surface area contributed by atoms with E-state index in [0.29, 0.717) is 12.2 Å². The van der Waals surface area contributed by atoms with Gasteiger partial charge in [0, 0.05) is 24.1 Å². The van der Waals surface area contributed by atoms with Gasteiger partial charge in [0.15, 0.2) is 0 Å². The van der Waals surface area contributed by atoms with Crippen LogP contribution < -0.4 is 20.1 Å². The van der Waals surface area contributed by atoms with Crippen LogP contribution in [0.1, 0.15) is 18.0 Å². The highest BCUT2D eigenvalue weighted by Gasteiger charge is 2.27. The summed E-state index contributed by atoms with van der Waals surface area (Å²) in [6.45, 7) is 0. The molecule has 1 aliphatic rings. The highest BCUT2D eigenvalue weighted by molar-refractivity contribution is 5.96. The van der Waals surface area contributed by atoms with Crippen LogP contribution in [0.3, 0.4) is 0 Å². The molecule has 0 fully saturated rings. The lowest BCUT2D eigenvalue weighted by molar-refractivity contribution is -0.117. The standard InChI is InChI=1S/C12H16N2O3/c1-13-9-6-11(15)14-12-8(9)4-7(16-2)5-10(12)17-3/h4-5,9,13H,6H2,1-3H3,(H,14,15). The minimum atomic E-state index is -0.0136. The molecule has 5 nitrogen and oxygen atoms in total. The van der Waals surface area contributed by atoms with Gasteiger partial charge in [0.05, 0.1) is 19.9 Å². The van der Waals surface area contributed by atoms with Crippen LogP contribution in [-0.2, 0) is 4.79 Å². The number of carbonyl (C=O) groups is 1. The van der Waals surface area contributed by atoms with Crippen LogP contribution in [0.5, 0.6) is 11.5 Å². The van der Waals surface area contributed by atoms with Crippen molar-refractivity contribution in [2.24, 2.45) is 0 Å². The molecule has 1 aromatic rings. The topological polar surface area (TPSA) is 59.6 Å². The van der Waals surface area contributed by atoms with Gasteiger partial charge < -0.3 is 20.1 Å². The number of ether oxygens (including phenoxy) is 2. The predicted octanol–water partition coefficient (Wildman–Crippen LogP) is 1.31. The second-order valence-electron chi connectivity index (χ2n) is 3.89. The predicted molar refractivity (Wildman–Crippen MR) is 64.6 cm³/mol. The lowest BCUT2D eigenvalue weighted by atomic mass is 9.96. The SMILES string of the molecule is CNC1CC(=O)Nc2c(OC)cc(OC)cc21. The summed E-state index contributed by atoms with van der Waals surface area (Å²) in [5.41, 5.74) is 1.72. The maximum Gasteiger partial charge on any atom is 0.226 e. The number of anilines is 1. The molecule has 0 aromatic heterocycles. The molecule has 0 saturated carbocycles. The molecule has 0 radical (unpaired) electrons. The first-order chi connectivity index (χ1) is 8.19. The van der Waals surface area contributed by atoms with Crippen molar-refractivity contribution in [2.45, 2.75) is 12.5 Å². The van der Waals surface area contributed by atoms with Crippen LogP contribution in [0.4, 0.5) is 5.69 Å². The molecule has 1 unspecified atom stereocenters. The number of fused-ring (bicyclic) bond motifs is 1. The Morgan fingerprint density at radius 1 is 1.35 bits per heavy atom. The van der Waals surface area contributed by atoms with E-state index in [-0.39, 0.29) is 11.9 Å². The number of methoxy groups -OCH3 is 2. The Morgan fingerprint density at radius 2 is 2.12 bits per heavy atom.